The van der Waals surface area contributed by atoms with Crippen LogP contribution in [0.5, 0.6) is 5.75 Å². The van der Waals surface area contributed by atoms with E-state index in [4.69, 9.17) is 14.8 Å². The van der Waals surface area contributed by atoms with Crippen molar-refractivity contribution in [3.05, 3.63) is 65.7 Å². The number of benzene rings is 2. The largest absolute Gasteiger partial charge is 0.489 e. The monoisotopic (exact) mass is 278 g/mol. The number of nitriles is 1. The molecule has 1 heterocycles. The van der Waals surface area contributed by atoms with E-state index in [0.717, 1.165) is 22.6 Å². The molecule has 0 aromatic heterocycles. The third-order valence-electron chi connectivity index (χ3n) is 3.25. The Balaban J connectivity index is 1.61. The zero-order chi connectivity index (χ0) is 14.5. The summed E-state index contributed by atoms with van der Waals surface area (Å²) in [6, 6.07) is 19.7. The standard InChI is InChI=1S/C17H14N2O2/c18-11-16-10-17(19-21-16)14-6-8-15(9-7-14)20-12-13-4-2-1-3-5-13/h1-9,16H,10,12H2. The number of hydrogen-bond acceptors (Lipinski definition) is 4. The maximum Gasteiger partial charge on any atom is 0.218 e. The summed E-state index contributed by atoms with van der Waals surface area (Å²) in [6.07, 6.45) is 0.0646. The first kappa shape index (κ1) is 13.2. The van der Waals surface area contributed by atoms with E-state index in [0.29, 0.717) is 13.0 Å². The zero-order valence-corrected chi connectivity index (χ0v) is 11.4. The van der Waals surface area contributed by atoms with Gasteiger partial charge in [-0.2, -0.15) is 5.26 Å². The van der Waals surface area contributed by atoms with Gasteiger partial charge in [-0.1, -0.05) is 35.5 Å². The number of nitrogens with zero attached hydrogens (tertiary/aromatic N) is 2. The second-order valence-corrected chi connectivity index (χ2v) is 4.76. The van der Waals surface area contributed by atoms with Crippen molar-refractivity contribution in [3.63, 3.8) is 0 Å². The molecule has 104 valence electrons. The molecule has 0 bridgehead atoms. The Bertz CT molecular complexity index is 672. The van der Waals surface area contributed by atoms with Crippen LogP contribution in [0.3, 0.4) is 0 Å². The molecule has 1 aliphatic heterocycles. The molecule has 2 aromatic rings. The number of hydrogen-bond donors (Lipinski definition) is 0. The Morgan fingerprint density at radius 2 is 1.90 bits per heavy atom. The average molecular weight is 278 g/mol. The van der Waals surface area contributed by atoms with E-state index in [-0.39, 0.29) is 0 Å². The van der Waals surface area contributed by atoms with Gasteiger partial charge in [-0.05, 0) is 35.4 Å². The molecule has 0 aliphatic carbocycles. The molecule has 3 rings (SSSR count). The number of rotatable bonds is 4. The summed E-state index contributed by atoms with van der Waals surface area (Å²) in [5, 5.41) is 12.7. The summed E-state index contributed by atoms with van der Waals surface area (Å²) in [5.41, 5.74) is 2.89. The van der Waals surface area contributed by atoms with Gasteiger partial charge in [-0.3, -0.25) is 0 Å². The summed E-state index contributed by atoms with van der Waals surface area (Å²) in [4.78, 5) is 5.00. The van der Waals surface area contributed by atoms with Gasteiger partial charge in [0.25, 0.3) is 0 Å². The Morgan fingerprint density at radius 3 is 2.57 bits per heavy atom. The van der Waals surface area contributed by atoms with Gasteiger partial charge >= 0.3 is 0 Å². The van der Waals surface area contributed by atoms with Crippen LogP contribution in [-0.2, 0) is 11.4 Å². The lowest BCUT2D eigenvalue weighted by Crippen LogP contribution is -2.05. The lowest BCUT2D eigenvalue weighted by atomic mass is 10.1. The minimum atomic E-state index is -0.464. The average Bonchev–Trinajstić information content (AvgIpc) is 3.03. The van der Waals surface area contributed by atoms with Crippen LogP contribution in [0, 0.1) is 11.3 Å². The SMILES string of the molecule is N#CC1CC(c2ccc(OCc3ccccc3)cc2)=NO1. The third-order valence-corrected chi connectivity index (χ3v) is 3.25. The van der Waals surface area contributed by atoms with E-state index in [1.807, 2.05) is 54.6 Å². The molecule has 0 N–H and O–H groups in total. The molecule has 1 atom stereocenters. The molecular weight excluding hydrogens is 264 g/mol. The van der Waals surface area contributed by atoms with Crippen LogP contribution < -0.4 is 4.74 Å². The Kier molecular flexibility index (Phi) is 3.83. The Labute approximate surface area is 123 Å². The summed E-state index contributed by atoms with van der Waals surface area (Å²) in [6.45, 7) is 0.542. The molecule has 1 aliphatic rings. The molecular formula is C17H14N2O2. The van der Waals surface area contributed by atoms with Crippen molar-refractivity contribution in [2.75, 3.05) is 0 Å². The molecule has 0 saturated heterocycles. The van der Waals surface area contributed by atoms with Crippen LogP contribution in [0.4, 0.5) is 0 Å². The molecule has 4 heteroatoms. The molecule has 21 heavy (non-hydrogen) atoms. The molecule has 0 saturated carbocycles. The Hall–Kier alpha value is -2.80. The highest BCUT2D eigenvalue weighted by Crippen LogP contribution is 2.19. The fourth-order valence-electron chi connectivity index (χ4n) is 2.10. The van der Waals surface area contributed by atoms with Gasteiger partial charge in [0.1, 0.15) is 18.4 Å². The number of ether oxygens (including phenoxy) is 1. The summed E-state index contributed by atoms with van der Waals surface area (Å²) >= 11 is 0. The Morgan fingerprint density at radius 1 is 1.14 bits per heavy atom. The smallest absolute Gasteiger partial charge is 0.218 e. The minimum absolute atomic E-state index is 0.464. The van der Waals surface area contributed by atoms with E-state index in [1.165, 1.54) is 0 Å². The van der Waals surface area contributed by atoms with Gasteiger partial charge in [-0.15, -0.1) is 0 Å². The van der Waals surface area contributed by atoms with Gasteiger partial charge in [0.05, 0.1) is 5.71 Å². The summed E-state index contributed by atoms with van der Waals surface area (Å²) in [5.74, 6) is 0.805. The third kappa shape index (κ3) is 3.21. The van der Waals surface area contributed by atoms with Crippen LogP contribution >= 0.6 is 0 Å². The van der Waals surface area contributed by atoms with E-state index < -0.39 is 6.10 Å². The van der Waals surface area contributed by atoms with Gasteiger partial charge < -0.3 is 9.57 Å². The molecule has 0 spiro atoms. The fraction of sp³-hybridized carbons (Fsp3) is 0.176. The molecule has 4 nitrogen and oxygen atoms in total. The second kappa shape index (κ2) is 6.10. The number of oxime groups is 1. The normalized spacial score (nSPS) is 16.7. The zero-order valence-electron chi connectivity index (χ0n) is 11.4. The van der Waals surface area contributed by atoms with Crippen molar-refractivity contribution in [2.24, 2.45) is 5.16 Å². The van der Waals surface area contributed by atoms with E-state index in [2.05, 4.69) is 11.2 Å². The maximum atomic E-state index is 8.78. The highest BCUT2D eigenvalue weighted by atomic mass is 16.6. The molecule has 2 aromatic carbocycles. The topological polar surface area (TPSA) is 54.6 Å². The highest BCUT2D eigenvalue weighted by molar-refractivity contribution is 6.01. The fourth-order valence-corrected chi connectivity index (χ4v) is 2.10. The van der Waals surface area contributed by atoms with Gasteiger partial charge in [0.15, 0.2) is 0 Å². The predicted molar refractivity (Wildman–Crippen MR) is 78.9 cm³/mol. The molecule has 1 unspecified atom stereocenters. The molecule has 0 radical (unpaired) electrons. The van der Waals surface area contributed by atoms with Crippen LogP contribution in [0.15, 0.2) is 59.8 Å². The van der Waals surface area contributed by atoms with Crippen molar-refractivity contribution in [2.45, 2.75) is 19.1 Å². The lowest BCUT2D eigenvalue weighted by Gasteiger charge is -2.07. The first-order valence-electron chi connectivity index (χ1n) is 6.74. The van der Waals surface area contributed by atoms with Crippen molar-refractivity contribution in [1.82, 2.24) is 0 Å². The van der Waals surface area contributed by atoms with Crippen LogP contribution in [0.1, 0.15) is 17.5 Å². The summed E-state index contributed by atoms with van der Waals surface area (Å²) < 4.78 is 5.73. The van der Waals surface area contributed by atoms with Gasteiger partial charge in [0.2, 0.25) is 6.10 Å². The van der Waals surface area contributed by atoms with Crippen LogP contribution in [0.25, 0.3) is 0 Å². The van der Waals surface area contributed by atoms with E-state index in [9.17, 15) is 0 Å². The summed E-state index contributed by atoms with van der Waals surface area (Å²) in [7, 11) is 0. The van der Waals surface area contributed by atoms with Crippen molar-refractivity contribution < 1.29 is 9.57 Å². The van der Waals surface area contributed by atoms with Crippen LogP contribution in [0.2, 0.25) is 0 Å². The molecule has 0 fully saturated rings. The molecule has 0 amide bonds. The second-order valence-electron chi connectivity index (χ2n) is 4.76. The van der Waals surface area contributed by atoms with Crippen molar-refractivity contribution in [1.29, 1.82) is 5.26 Å². The maximum absolute atomic E-state index is 8.78. The van der Waals surface area contributed by atoms with Gasteiger partial charge in [-0.25, -0.2) is 0 Å². The highest BCUT2D eigenvalue weighted by Gasteiger charge is 2.21. The quantitative estimate of drug-likeness (QED) is 0.862. The lowest BCUT2D eigenvalue weighted by molar-refractivity contribution is 0.125. The van der Waals surface area contributed by atoms with Gasteiger partial charge in [0, 0.05) is 6.42 Å². The minimum Gasteiger partial charge on any atom is -0.489 e. The van der Waals surface area contributed by atoms with Crippen molar-refractivity contribution >= 4 is 5.71 Å². The van der Waals surface area contributed by atoms with E-state index in [1.54, 1.807) is 0 Å². The first-order valence-corrected chi connectivity index (χ1v) is 6.74. The first-order chi connectivity index (χ1) is 10.3. The predicted octanol–water partition coefficient (Wildman–Crippen LogP) is 3.28. The van der Waals surface area contributed by atoms with Crippen molar-refractivity contribution in [3.8, 4) is 11.8 Å². The van der Waals surface area contributed by atoms with Crippen LogP contribution in [-0.4, -0.2) is 11.8 Å². The van der Waals surface area contributed by atoms with E-state index >= 15 is 0 Å².